The standard InChI is InChI=1S/C13H18BrN3OS/c1-3-5-15-10(4-2)7-12-16-13(17-18-12)11-6-9(14)8-19-11/h6,8,10,15H,3-5,7H2,1-2H3. The molecule has 104 valence electrons. The zero-order valence-electron chi connectivity index (χ0n) is 11.1. The molecule has 2 aromatic heterocycles. The van der Waals surface area contributed by atoms with Gasteiger partial charge in [0.2, 0.25) is 11.7 Å². The number of rotatable bonds is 7. The summed E-state index contributed by atoms with van der Waals surface area (Å²) in [6.45, 7) is 5.36. The Morgan fingerprint density at radius 2 is 2.32 bits per heavy atom. The molecule has 4 nitrogen and oxygen atoms in total. The Labute approximate surface area is 125 Å². The number of nitrogens with zero attached hydrogens (tertiary/aromatic N) is 2. The minimum absolute atomic E-state index is 0.406. The molecule has 0 saturated heterocycles. The van der Waals surface area contributed by atoms with Crippen LogP contribution in [-0.4, -0.2) is 22.7 Å². The number of nitrogens with one attached hydrogen (secondary N) is 1. The van der Waals surface area contributed by atoms with E-state index in [2.05, 4.69) is 45.2 Å². The SMILES string of the molecule is CCCNC(CC)Cc1nc(-c2cc(Br)cs2)no1. The van der Waals surface area contributed by atoms with Crippen LogP contribution in [-0.2, 0) is 6.42 Å². The van der Waals surface area contributed by atoms with Gasteiger partial charge in [0.25, 0.3) is 0 Å². The van der Waals surface area contributed by atoms with Crippen LogP contribution in [0.25, 0.3) is 10.7 Å². The van der Waals surface area contributed by atoms with Crippen molar-refractivity contribution in [2.75, 3.05) is 6.54 Å². The smallest absolute Gasteiger partial charge is 0.228 e. The van der Waals surface area contributed by atoms with Gasteiger partial charge in [0, 0.05) is 22.3 Å². The van der Waals surface area contributed by atoms with Gasteiger partial charge in [-0.25, -0.2) is 0 Å². The van der Waals surface area contributed by atoms with Gasteiger partial charge in [0.05, 0.1) is 4.88 Å². The molecular formula is C13H18BrN3OS. The van der Waals surface area contributed by atoms with Crippen molar-refractivity contribution in [3.8, 4) is 10.7 Å². The van der Waals surface area contributed by atoms with E-state index in [0.717, 1.165) is 35.2 Å². The van der Waals surface area contributed by atoms with Crippen LogP contribution in [0.3, 0.4) is 0 Å². The molecule has 0 amide bonds. The molecule has 1 atom stereocenters. The summed E-state index contributed by atoms with van der Waals surface area (Å²) < 4.78 is 6.38. The molecule has 19 heavy (non-hydrogen) atoms. The van der Waals surface area contributed by atoms with E-state index in [4.69, 9.17) is 4.52 Å². The van der Waals surface area contributed by atoms with Gasteiger partial charge in [-0.05, 0) is 41.4 Å². The topological polar surface area (TPSA) is 51.0 Å². The Bertz CT molecular complexity index is 511. The van der Waals surface area contributed by atoms with Crippen molar-refractivity contribution in [1.82, 2.24) is 15.5 Å². The van der Waals surface area contributed by atoms with Crippen molar-refractivity contribution < 1.29 is 4.52 Å². The lowest BCUT2D eigenvalue weighted by molar-refractivity contribution is 0.354. The molecule has 0 radical (unpaired) electrons. The molecule has 0 bridgehead atoms. The Morgan fingerprint density at radius 1 is 1.47 bits per heavy atom. The fourth-order valence-electron chi connectivity index (χ4n) is 1.79. The predicted octanol–water partition coefficient (Wildman–Crippen LogP) is 3.88. The first-order chi connectivity index (χ1) is 9.22. The fourth-order valence-corrected chi connectivity index (χ4v) is 3.14. The van der Waals surface area contributed by atoms with Crippen molar-refractivity contribution in [3.63, 3.8) is 0 Å². The van der Waals surface area contributed by atoms with Gasteiger partial charge in [-0.3, -0.25) is 0 Å². The maximum absolute atomic E-state index is 5.33. The second-order valence-electron chi connectivity index (χ2n) is 4.40. The third-order valence-corrected chi connectivity index (χ3v) is 4.54. The Kier molecular flexibility index (Phi) is 5.54. The third kappa shape index (κ3) is 4.12. The highest BCUT2D eigenvalue weighted by Crippen LogP contribution is 2.27. The summed E-state index contributed by atoms with van der Waals surface area (Å²) >= 11 is 5.04. The summed E-state index contributed by atoms with van der Waals surface area (Å²) in [5.74, 6) is 1.38. The zero-order chi connectivity index (χ0) is 13.7. The van der Waals surface area contributed by atoms with Gasteiger partial charge in [-0.1, -0.05) is 19.0 Å². The summed E-state index contributed by atoms with van der Waals surface area (Å²) in [6, 6.07) is 2.41. The Morgan fingerprint density at radius 3 is 2.95 bits per heavy atom. The van der Waals surface area contributed by atoms with Crippen LogP contribution in [0.5, 0.6) is 0 Å². The molecule has 1 unspecified atom stereocenters. The van der Waals surface area contributed by atoms with Crippen LogP contribution >= 0.6 is 27.3 Å². The van der Waals surface area contributed by atoms with Crippen LogP contribution in [0.2, 0.25) is 0 Å². The van der Waals surface area contributed by atoms with Crippen molar-refractivity contribution in [1.29, 1.82) is 0 Å². The first kappa shape index (κ1) is 14.7. The molecule has 2 aromatic rings. The van der Waals surface area contributed by atoms with E-state index in [1.54, 1.807) is 11.3 Å². The number of aromatic nitrogens is 2. The van der Waals surface area contributed by atoms with Crippen LogP contribution < -0.4 is 5.32 Å². The van der Waals surface area contributed by atoms with Gasteiger partial charge in [0.1, 0.15) is 0 Å². The normalized spacial score (nSPS) is 12.8. The second kappa shape index (κ2) is 7.17. The van der Waals surface area contributed by atoms with Crippen LogP contribution in [0.15, 0.2) is 20.4 Å². The van der Waals surface area contributed by atoms with Gasteiger partial charge in [-0.2, -0.15) is 4.98 Å². The number of hydrogen-bond donors (Lipinski definition) is 1. The lowest BCUT2D eigenvalue weighted by Gasteiger charge is -2.13. The highest BCUT2D eigenvalue weighted by molar-refractivity contribution is 9.10. The lowest BCUT2D eigenvalue weighted by Crippen LogP contribution is -2.31. The van der Waals surface area contributed by atoms with Crippen molar-refractivity contribution in [2.45, 2.75) is 39.2 Å². The van der Waals surface area contributed by atoms with Gasteiger partial charge >= 0.3 is 0 Å². The average Bonchev–Trinajstić information content (AvgIpc) is 3.03. The molecule has 0 aromatic carbocycles. The minimum Gasteiger partial charge on any atom is -0.339 e. The molecule has 0 aliphatic carbocycles. The van der Waals surface area contributed by atoms with E-state index in [1.807, 2.05) is 11.4 Å². The van der Waals surface area contributed by atoms with E-state index in [1.165, 1.54) is 0 Å². The first-order valence-corrected chi connectivity index (χ1v) is 8.20. The van der Waals surface area contributed by atoms with Crippen LogP contribution in [0, 0.1) is 0 Å². The Balaban J connectivity index is 2.00. The second-order valence-corrected chi connectivity index (χ2v) is 6.23. The van der Waals surface area contributed by atoms with Gasteiger partial charge in [0.15, 0.2) is 0 Å². The summed E-state index contributed by atoms with van der Waals surface area (Å²) in [6.07, 6.45) is 2.98. The number of halogens is 1. The minimum atomic E-state index is 0.406. The molecule has 0 spiro atoms. The van der Waals surface area contributed by atoms with Gasteiger partial charge in [-0.15, -0.1) is 11.3 Å². The molecular weight excluding hydrogens is 326 g/mol. The van der Waals surface area contributed by atoms with Crippen molar-refractivity contribution in [3.05, 3.63) is 21.8 Å². The van der Waals surface area contributed by atoms with E-state index in [-0.39, 0.29) is 0 Å². The molecule has 0 aliphatic rings. The largest absolute Gasteiger partial charge is 0.339 e. The first-order valence-electron chi connectivity index (χ1n) is 6.53. The number of hydrogen-bond acceptors (Lipinski definition) is 5. The van der Waals surface area contributed by atoms with E-state index in [9.17, 15) is 0 Å². The predicted molar refractivity (Wildman–Crippen MR) is 81.4 cm³/mol. The molecule has 6 heteroatoms. The third-order valence-electron chi connectivity index (χ3n) is 2.85. The zero-order valence-corrected chi connectivity index (χ0v) is 13.6. The molecule has 2 rings (SSSR count). The van der Waals surface area contributed by atoms with Crippen molar-refractivity contribution in [2.24, 2.45) is 0 Å². The molecule has 0 fully saturated rings. The average molecular weight is 344 g/mol. The van der Waals surface area contributed by atoms with Crippen LogP contribution in [0.4, 0.5) is 0 Å². The summed E-state index contributed by atoms with van der Waals surface area (Å²) in [7, 11) is 0. The fraction of sp³-hybridized carbons (Fsp3) is 0.538. The Hall–Kier alpha value is -0.720. The van der Waals surface area contributed by atoms with E-state index >= 15 is 0 Å². The molecule has 0 aliphatic heterocycles. The number of thiophene rings is 1. The maximum Gasteiger partial charge on any atom is 0.228 e. The van der Waals surface area contributed by atoms with E-state index < -0.39 is 0 Å². The summed E-state index contributed by atoms with van der Waals surface area (Å²) in [5.41, 5.74) is 0. The highest BCUT2D eigenvalue weighted by Gasteiger charge is 2.14. The quantitative estimate of drug-likeness (QED) is 0.828. The summed E-state index contributed by atoms with van der Waals surface area (Å²) in [4.78, 5) is 5.49. The van der Waals surface area contributed by atoms with E-state index in [0.29, 0.717) is 17.8 Å². The highest BCUT2D eigenvalue weighted by atomic mass is 79.9. The monoisotopic (exact) mass is 343 g/mol. The van der Waals surface area contributed by atoms with Crippen molar-refractivity contribution >= 4 is 27.3 Å². The van der Waals surface area contributed by atoms with Gasteiger partial charge < -0.3 is 9.84 Å². The summed E-state index contributed by atoms with van der Waals surface area (Å²) in [5, 5.41) is 9.55. The van der Waals surface area contributed by atoms with Crippen LogP contribution in [0.1, 0.15) is 32.6 Å². The molecule has 1 N–H and O–H groups in total. The maximum atomic E-state index is 5.33. The molecule has 2 heterocycles. The lowest BCUT2D eigenvalue weighted by atomic mass is 10.1. The molecule has 0 saturated carbocycles.